The fourth-order valence-corrected chi connectivity index (χ4v) is 4.67. The number of carbonyl (C=O) groups excluding carboxylic acids is 6. The second kappa shape index (κ2) is 14.9. The molecule has 0 radical (unpaired) electrons. The average molecular weight is 594 g/mol. The zero-order valence-corrected chi connectivity index (χ0v) is 24.6. The molecule has 12 heteroatoms. The number of carbonyl (C=O) groups is 6. The van der Waals surface area contributed by atoms with Crippen LogP contribution in [-0.2, 0) is 41.7 Å². The zero-order chi connectivity index (χ0) is 31.6. The number of primary amides is 1. The molecule has 5 amide bonds. The predicted molar refractivity (Wildman–Crippen MR) is 157 cm³/mol. The van der Waals surface area contributed by atoms with Crippen molar-refractivity contribution in [1.82, 2.24) is 20.9 Å². The molecule has 3 atom stereocenters. The Kier molecular flexibility index (Phi) is 11.4. The molecule has 0 saturated carbocycles. The molecule has 2 aromatic carbocycles. The maximum absolute atomic E-state index is 13.6. The summed E-state index contributed by atoms with van der Waals surface area (Å²) >= 11 is 0. The zero-order valence-electron chi connectivity index (χ0n) is 24.6. The van der Waals surface area contributed by atoms with Gasteiger partial charge in [0.2, 0.25) is 23.5 Å². The number of ketones is 1. The molecule has 1 heterocycles. The van der Waals surface area contributed by atoms with Crippen molar-refractivity contribution in [3.63, 3.8) is 0 Å². The highest BCUT2D eigenvalue weighted by atomic mass is 16.5. The van der Waals surface area contributed by atoms with Crippen LogP contribution in [0.4, 0.5) is 4.79 Å². The van der Waals surface area contributed by atoms with Gasteiger partial charge in [0, 0.05) is 18.5 Å². The summed E-state index contributed by atoms with van der Waals surface area (Å²) in [4.78, 5) is 78.8. The van der Waals surface area contributed by atoms with Gasteiger partial charge in [-0.3, -0.25) is 24.0 Å². The quantitative estimate of drug-likeness (QED) is 0.269. The first-order valence-electron chi connectivity index (χ1n) is 14.1. The Morgan fingerprint density at radius 1 is 0.907 bits per heavy atom. The van der Waals surface area contributed by atoms with Gasteiger partial charge in [0.25, 0.3) is 5.91 Å². The minimum Gasteiger partial charge on any atom is -0.445 e. The molecule has 1 aliphatic heterocycles. The minimum absolute atomic E-state index is 0.0500. The number of benzene rings is 2. The second-order valence-corrected chi connectivity index (χ2v) is 11.4. The Balaban J connectivity index is 1.77. The number of likely N-dealkylation sites (tertiary alicyclic amines) is 1. The number of nitrogens with one attached hydrogen (secondary N) is 3. The van der Waals surface area contributed by atoms with Gasteiger partial charge in [-0.2, -0.15) is 0 Å². The highest BCUT2D eigenvalue weighted by Gasteiger charge is 2.40. The van der Waals surface area contributed by atoms with Crippen molar-refractivity contribution < 1.29 is 33.5 Å². The summed E-state index contributed by atoms with van der Waals surface area (Å²) in [6, 6.07) is 13.9. The van der Waals surface area contributed by atoms with E-state index in [9.17, 15) is 28.8 Å². The highest BCUT2D eigenvalue weighted by Crippen LogP contribution is 2.20. The van der Waals surface area contributed by atoms with Crippen LogP contribution in [0.5, 0.6) is 0 Å². The summed E-state index contributed by atoms with van der Waals surface area (Å²) in [7, 11) is 0. The number of hydrogen-bond donors (Lipinski definition) is 4. The number of Topliss-reactive ketones (excluding diaryl/α,β-unsaturated/α-hetero) is 1. The van der Waals surface area contributed by atoms with E-state index in [-0.39, 0.29) is 25.5 Å². The van der Waals surface area contributed by atoms with Gasteiger partial charge in [-0.1, -0.05) is 60.7 Å². The van der Waals surface area contributed by atoms with Gasteiger partial charge in [-0.25, -0.2) is 4.79 Å². The number of nitrogens with two attached hydrogens (primary N) is 1. The predicted octanol–water partition coefficient (Wildman–Crippen LogP) is 1.36. The fourth-order valence-electron chi connectivity index (χ4n) is 4.67. The normalized spacial score (nSPS) is 16.0. The van der Waals surface area contributed by atoms with E-state index in [0.29, 0.717) is 24.0 Å². The number of ether oxygens (including phenoxy) is 1. The maximum Gasteiger partial charge on any atom is 0.408 e. The Labute approximate surface area is 250 Å². The van der Waals surface area contributed by atoms with Crippen LogP contribution in [0.2, 0.25) is 0 Å². The molecule has 0 aliphatic carbocycles. The molecule has 3 rings (SSSR count). The Morgan fingerprint density at radius 3 is 2.09 bits per heavy atom. The van der Waals surface area contributed by atoms with Crippen LogP contribution in [0.1, 0.15) is 51.2 Å². The first kappa shape index (κ1) is 32.8. The molecule has 1 fully saturated rings. The third-order valence-electron chi connectivity index (χ3n) is 6.67. The van der Waals surface area contributed by atoms with Crippen molar-refractivity contribution >= 4 is 35.5 Å². The van der Waals surface area contributed by atoms with Gasteiger partial charge in [-0.05, 0) is 44.7 Å². The van der Waals surface area contributed by atoms with Crippen LogP contribution < -0.4 is 21.7 Å². The lowest BCUT2D eigenvalue weighted by molar-refractivity contribution is -0.149. The number of amides is 5. The fraction of sp³-hybridized carbons (Fsp3) is 0.419. The van der Waals surface area contributed by atoms with Crippen LogP contribution in [0.15, 0.2) is 60.7 Å². The van der Waals surface area contributed by atoms with E-state index in [4.69, 9.17) is 10.5 Å². The van der Waals surface area contributed by atoms with Crippen LogP contribution in [0, 0.1) is 0 Å². The number of rotatable bonds is 12. The Morgan fingerprint density at radius 2 is 1.51 bits per heavy atom. The molecule has 1 saturated heterocycles. The van der Waals surface area contributed by atoms with Crippen molar-refractivity contribution in [3.05, 3.63) is 71.8 Å². The van der Waals surface area contributed by atoms with Gasteiger partial charge in [-0.15, -0.1) is 0 Å². The van der Waals surface area contributed by atoms with E-state index in [1.807, 2.05) is 20.8 Å². The largest absolute Gasteiger partial charge is 0.445 e. The monoisotopic (exact) mass is 593 g/mol. The third-order valence-corrected chi connectivity index (χ3v) is 6.67. The molecule has 2 aromatic rings. The van der Waals surface area contributed by atoms with E-state index >= 15 is 0 Å². The van der Waals surface area contributed by atoms with Crippen molar-refractivity contribution in [2.24, 2.45) is 5.73 Å². The van der Waals surface area contributed by atoms with E-state index in [2.05, 4.69) is 16.0 Å². The molecule has 230 valence electrons. The third kappa shape index (κ3) is 10.2. The minimum atomic E-state index is -1.47. The van der Waals surface area contributed by atoms with Gasteiger partial charge >= 0.3 is 6.09 Å². The Hall–Kier alpha value is -4.74. The van der Waals surface area contributed by atoms with Crippen LogP contribution in [0.25, 0.3) is 0 Å². The molecule has 0 unspecified atom stereocenters. The second-order valence-electron chi connectivity index (χ2n) is 11.4. The molecule has 12 nitrogen and oxygen atoms in total. The topological polar surface area (TPSA) is 177 Å². The SMILES string of the molecule is CC(C)(C)NC(=O)[C@@H]1CCCN1C(=O)C(=O)[C@@H](Cc1ccccc1)NC(=O)[C@H](CC(N)=O)NC(=O)OCc1ccccc1. The van der Waals surface area contributed by atoms with E-state index in [1.54, 1.807) is 60.7 Å². The summed E-state index contributed by atoms with van der Waals surface area (Å²) in [5, 5.41) is 7.69. The molecule has 0 spiro atoms. The van der Waals surface area contributed by atoms with Crippen molar-refractivity contribution in [2.75, 3.05) is 6.54 Å². The lowest BCUT2D eigenvalue weighted by Crippen LogP contribution is -2.57. The van der Waals surface area contributed by atoms with Crippen LogP contribution in [-0.4, -0.2) is 70.6 Å². The van der Waals surface area contributed by atoms with Crippen molar-refractivity contribution in [1.29, 1.82) is 0 Å². The summed E-state index contributed by atoms with van der Waals surface area (Å²) in [6.45, 7) is 5.57. The van der Waals surface area contributed by atoms with E-state index in [0.717, 1.165) is 0 Å². The molecule has 0 aromatic heterocycles. The molecular formula is C31H39N5O7. The van der Waals surface area contributed by atoms with Crippen molar-refractivity contribution in [3.8, 4) is 0 Å². The smallest absolute Gasteiger partial charge is 0.408 e. The van der Waals surface area contributed by atoms with Gasteiger partial charge in [0.1, 0.15) is 24.7 Å². The average Bonchev–Trinajstić information content (AvgIpc) is 3.45. The molecule has 5 N–H and O–H groups in total. The summed E-state index contributed by atoms with van der Waals surface area (Å²) in [6.07, 6.45) is -0.671. The van der Waals surface area contributed by atoms with Gasteiger partial charge in [0.15, 0.2) is 0 Å². The maximum atomic E-state index is 13.6. The van der Waals surface area contributed by atoms with Crippen LogP contribution >= 0.6 is 0 Å². The first-order chi connectivity index (χ1) is 20.3. The van der Waals surface area contributed by atoms with Crippen LogP contribution in [0.3, 0.4) is 0 Å². The van der Waals surface area contributed by atoms with Gasteiger partial charge in [0.05, 0.1) is 6.42 Å². The highest BCUT2D eigenvalue weighted by molar-refractivity contribution is 6.38. The lowest BCUT2D eigenvalue weighted by atomic mass is 10.00. The summed E-state index contributed by atoms with van der Waals surface area (Å²) in [5.41, 5.74) is 6.15. The van der Waals surface area contributed by atoms with Crippen molar-refractivity contribution in [2.45, 2.75) is 76.7 Å². The molecule has 1 aliphatic rings. The first-order valence-corrected chi connectivity index (χ1v) is 14.1. The molecule has 43 heavy (non-hydrogen) atoms. The van der Waals surface area contributed by atoms with Gasteiger partial charge < -0.3 is 31.3 Å². The number of alkyl carbamates (subject to hydrolysis) is 1. The lowest BCUT2D eigenvalue weighted by Gasteiger charge is -2.29. The number of hydrogen-bond acceptors (Lipinski definition) is 7. The van der Waals surface area contributed by atoms with E-state index in [1.165, 1.54) is 4.90 Å². The number of nitrogens with zero attached hydrogens (tertiary/aromatic N) is 1. The molecular weight excluding hydrogens is 554 g/mol. The molecule has 0 bridgehead atoms. The van der Waals surface area contributed by atoms with E-state index < -0.39 is 59.7 Å². The summed E-state index contributed by atoms with van der Waals surface area (Å²) < 4.78 is 5.17. The Bertz CT molecular complexity index is 1310. The standard InChI is InChI=1S/C31H39N5O7/c1-31(2,3)35-28(40)24-15-10-16-36(24)29(41)26(38)22(17-20-11-6-4-7-12-20)33-27(39)23(18-25(32)37)34-30(42)43-19-21-13-8-5-9-14-21/h4-9,11-14,22-24H,10,15-19H2,1-3H3,(H2,32,37)(H,33,39)(H,34,42)(H,35,40)/t22-,23+,24+/m1/s1. The summed E-state index contributed by atoms with van der Waals surface area (Å²) in [5.74, 6) is -3.99.